The Balaban J connectivity index is 1.59. The highest BCUT2D eigenvalue weighted by atomic mass is 16.5. The second-order valence-corrected chi connectivity index (χ2v) is 5.68. The maximum atomic E-state index is 12.6. The second-order valence-electron chi connectivity index (χ2n) is 5.68. The van der Waals surface area contributed by atoms with Gasteiger partial charge < -0.3 is 9.15 Å². The van der Waals surface area contributed by atoms with Gasteiger partial charge in [-0.25, -0.2) is 4.98 Å². The predicted molar refractivity (Wildman–Crippen MR) is 92.4 cm³/mol. The molecular formula is C19H16N2O3. The van der Waals surface area contributed by atoms with Crippen molar-refractivity contribution in [3.63, 3.8) is 0 Å². The lowest BCUT2D eigenvalue weighted by Crippen LogP contribution is -2.23. The molecule has 0 aliphatic heterocycles. The smallest absolute Gasteiger partial charge is 0.297 e. The fourth-order valence-corrected chi connectivity index (χ4v) is 2.74. The number of rotatable bonds is 4. The quantitative estimate of drug-likeness (QED) is 0.577. The Hall–Kier alpha value is -3.08. The van der Waals surface area contributed by atoms with Crippen molar-refractivity contribution in [3.05, 3.63) is 70.8 Å². The third kappa shape index (κ3) is 2.54. The summed E-state index contributed by atoms with van der Waals surface area (Å²) in [5.41, 5.74) is 2.51. The Bertz CT molecular complexity index is 1080. The molecule has 2 aromatic heterocycles. The van der Waals surface area contributed by atoms with Gasteiger partial charge in [-0.05, 0) is 36.8 Å². The molecule has 2 heterocycles. The molecule has 0 N–H and O–H groups in total. The molecule has 0 saturated carbocycles. The van der Waals surface area contributed by atoms with Crippen molar-refractivity contribution in [2.75, 3.05) is 6.61 Å². The molecule has 0 unspecified atom stereocenters. The Labute approximate surface area is 138 Å². The van der Waals surface area contributed by atoms with Crippen LogP contribution in [0.5, 0.6) is 5.75 Å². The van der Waals surface area contributed by atoms with E-state index in [1.807, 2.05) is 55.5 Å². The lowest BCUT2D eigenvalue weighted by atomic mass is 10.2. The molecule has 5 nitrogen and oxygen atoms in total. The second kappa shape index (κ2) is 5.85. The molecule has 0 radical (unpaired) electrons. The Kier molecular flexibility index (Phi) is 3.54. The molecule has 4 aromatic rings. The van der Waals surface area contributed by atoms with Crippen molar-refractivity contribution < 1.29 is 9.15 Å². The minimum Gasteiger partial charge on any atom is -0.492 e. The van der Waals surface area contributed by atoms with E-state index in [1.54, 1.807) is 6.33 Å². The van der Waals surface area contributed by atoms with Crippen molar-refractivity contribution in [3.8, 4) is 5.75 Å². The van der Waals surface area contributed by atoms with E-state index in [1.165, 1.54) is 4.57 Å². The predicted octanol–water partition coefficient (Wildman–Crippen LogP) is 3.53. The summed E-state index contributed by atoms with van der Waals surface area (Å²) in [7, 11) is 0. The molecular weight excluding hydrogens is 304 g/mol. The first-order chi connectivity index (χ1) is 11.7. The standard InChI is InChI=1S/C19H16N2O3/c1-13-5-4-6-14(11-13)23-10-9-21-12-20-17-15-7-2-3-8-16(15)24-18(17)19(21)22/h2-8,11-12H,9-10H2,1H3. The van der Waals surface area contributed by atoms with E-state index < -0.39 is 0 Å². The van der Waals surface area contributed by atoms with Gasteiger partial charge in [-0.2, -0.15) is 0 Å². The zero-order chi connectivity index (χ0) is 16.5. The van der Waals surface area contributed by atoms with Crippen LogP contribution in [-0.2, 0) is 6.54 Å². The van der Waals surface area contributed by atoms with Crippen LogP contribution in [0.15, 0.2) is 64.1 Å². The molecule has 0 aliphatic carbocycles. The van der Waals surface area contributed by atoms with Gasteiger partial charge in [0.2, 0.25) is 5.58 Å². The molecule has 24 heavy (non-hydrogen) atoms. The van der Waals surface area contributed by atoms with E-state index in [2.05, 4.69) is 4.98 Å². The number of hydrogen-bond donors (Lipinski definition) is 0. The summed E-state index contributed by atoms with van der Waals surface area (Å²) < 4.78 is 12.9. The number of ether oxygens (including phenoxy) is 1. The number of furan rings is 1. The summed E-state index contributed by atoms with van der Waals surface area (Å²) in [6.07, 6.45) is 1.55. The number of aryl methyl sites for hydroxylation is 1. The van der Waals surface area contributed by atoms with Crippen molar-refractivity contribution in [2.45, 2.75) is 13.5 Å². The maximum Gasteiger partial charge on any atom is 0.297 e. The van der Waals surface area contributed by atoms with Crippen LogP contribution in [0.25, 0.3) is 22.1 Å². The molecule has 0 atom stereocenters. The lowest BCUT2D eigenvalue weighted by molar-refractivity contribution is 0.295. The summed E-state index contributed by atoms with van der Waals surface area (Å²) in [6.45, 7) is 2.81. The zero-order valence-corrected chi connectivity index (χ0v) is 13.2. The Morgan fingerprint density at radius 1 is 1.17 bits per heavy atom. The van der Waals surface area contributed by atoms with Crippen molar-refractivity contribution >= 4 is 22.1 Å². The van der Waals surface area contributed by atoms with Gasteiger partial charge in [0.15, 0.2) is 0 Å². The average Bonchev–Trinajstić information content (AvgIpc) is 2.97. The summed E-state index contributed by atoms with van der Waals surface area (Å²) in [4.78, 5) is 17.0. The van der Waals surface area contributed by atoms with Gasteiger partial charge >= 0.3 is 0 Å². The van der Waals surface area contributed by atoms with E-state index >= 15 is 0 Å². The molecule has 4 rings (SSSR count). The van der Waals surface area contributed by atoms with Crippen molar-refractivity contribution in [1.82, 2.24) is 9.55 Å². The molecule has 0 saturated heterocycles. The highest BCUT2D eigenvalue weighted by molar-refractivity contribution is 6.01. The molecule has 2 aromatic carbocycles. The molecule has 5 heteroatoms. The van der Waals surface area contributed by atoms with Gasteiger partial charge in [-0.15, -0.1) is 0 Å². The highest BCUT2D eigenvalue weighted by Gasteiger charge is 2.12. The number of para-hydroxylation sites is 1. The SMILES string of the molecule is Cc1cccc(OCCn2cnc3c(oc4ccccc43)c2=O)c1. The minimum atomic E-state index is -0.191. The Morgan fingerprint density at radius 3 is 2.92 bits per heavy atom. The van der Waals surface area contributed by atoms with Gasteiger partial charge in [-0.3, -0.25) is 9.36 Å². The molecule has 0 bridgehead atoms. The van der Waals surface area contributed by atoms with Gasteiger partial charge in [0, 0.05) is 5.39 Å². The number of hydrogen-bond acceptors (Lipinski definition) is 4. The number of benzene rings is 2. The highest BCUT2D eigenvalue weighted by Crippen LogP contribution is 2.24. The average molecular weight is 320 g/mol. The minimum absolute atomic E-state index is 0.191. The molecule has 120 valence electrons. The first-order valence-electron chi connectivity index (χ1n) is 7.78. The fraction of sp³-hybridized carbons (Fsp3) is 0.158. The third-order valence-electron chi connectivity index (χ3n) is 3.94. The monoisotopic (exact) mass is 320 g/mol. The van der Waals surface area contributed by atoms with E-state index in [0.717, 1.165) is 16.7 Å². The maximum absolute atomic E-state index is 12.6. The van der Waals surface area contributed by atoms with E-state index in [0.29, 0.717) is 24.3 Å². The number of nitrogens with zero attached hydrogens (tertiary/aromatic N) is 2. The largest absolute Gasteiger partial charge is 0.492 e. The topological polar surface area (TPSA) is 57.3 Å². The van der Waals surface area contributed by atoms with Gasteiger partial charge in [0.1, 0.15) is 23.5 Å². The number of aromatic nitrogens is 2. The van der Waals surface area contributed by atoms with Crippen molar-refractivity contribution in [2.24, 2.45) is 0 Å². The zero-order valence-electron chi connectivity index (χ0n) is 13.2. The van der Waals surface area contributed by atoms with Crippen LogP contribution in [0.2, 0.25) is 0 Å². The summed E-state index contributed by atoms with van der Waals surface area (Å²) in [5, 5.41) is 0.854. The van der Waals surface area contributed by atoms with Gasteiger partial charge in [0.25, 0.3) is 5.56 Å². The lowest BCUT2D eigenvalue weighted by Gasteiger charge is -2.08. The molecule has 0 amide bonds. The third-order valence-corrected chi connectivity index (χ3v) is 3.94. The molecule has 0 spiro atoms. The first kappa shape index (κ1) is 14.5. The van der Waals surface area contributed by atoms with E-state index in [4.69, 9.17) is 9.15 Å². The van der Waals surface area contributed by atoms with Crippen LogP contribution in [0.3, 0.4) is 0 Å². The fourth-order valence-electron chi connectivity index (χ4n) is 2.74. The summed E-state index contributed by atoms with van der Waals surface area (Å²) in [6, 6.07) is 15.3. The van der Waals surface area contributed by atoms with Gasteiger partial charge in [0.05, 0.1) is 12.9 Å². The van der Waals surface area contributed by atoms with Crippen LogP contribution >= 0.6 is 0 Å². The van der Waals surface area contributed by atoms with Crippen molar-refractivity contribution in [1.29, 1.82) is 0 Å². The van der Waals surface area contributed by atoms with Crippen LogP contribution < -0.4 is 10.3 Å². The number of fused-ring (bicyclic) bond motifs is 3. The summed E-state index contributed by atoms with van der Waals surface area (Å²) >= 11 is 0. The first-order valence-corrected chi connectivity index (χ1v) is 7.78. The van der Waals surface area contributed by atoms with Crippen LogP contribution in [0.4, 0.5) is 0 Å². The van der Waals surface area contributed by atoms with Crippen LogP contribution in [-0.4, -0.2) is 16.2 Å². The molecule has 0 fully saturated rings. The normalized spacial score (nSPS) is 11.2. The van der Waals surface area contributed by atoms with Crippen LogP contribution in [0, 0.1) is 6.92 Å². The van der Waals surface area contributed by atoms with E-state index in [9.17, 15) is 4.79 Å². The Morgan fingerprint density at radius 2 is 2.04 bits per heavy atom. The molecule has 0 aliphatic rings. The van der Waals surface area contributed by atoms with Gasteiger partial charge in [-0.1, -0.05) is 24.3 Å². The summed E-state index contributed by atoms with van der Waals surface area (Å²) in [5.74, 6) is 0.792. The van der Waals surface area contributed by atoms with Crippen LogP contribution in [0.1, 0.15) is 5.56 Å². The van der Waals surface area contributed by atoms with E-state index in [-0.39, 0.29) is 11.1 Å².